The average molecular weight is 200 g/mol. The van der Waals surface area contributed by atoms with E-state index in [0.29, 0.717) is 11.7 Å². The first-order valence-electron chi connectivity index (χ1n) is 4.28. The zero-order valence-corrected chi connectivity index (χ0v) is 8.18. The predicted octanol–water partition coefficient (Wildman–Crippen LogP) is 1.16. The molecule has 13 heavy (non-hydrogen) atoms. The highest BCUT2D eigenvalue weighted by Gasteiger charge is 2.16. The smallest absolute Gasteiger partial charge is 0.123 e. The maximum Gasteiger partial charge on any atom is 0.123 e. The molecular weight excluding hydrogens is 186 g/mol. The Morgan fingerprint density at radius 1 is 1.54 bits per heavy atom. The molecule has 0 aromatic carbocycles. The van der Waals surface area contributed by atoms with Crippen molar-refractivity contribution in [3.05, 3.63) is 23.9 Å². The van der Waals surface area contributed by atoms with Gasteiger partial charge < -0.3 is 11.1 Å². The van der Waals surface area contributed by atoms with Crippen LogP contribution in [0, 0.1) is 0 Å². The van der Waals surface area contributed by atoms with Crippen molar-refractivity contribution in [1.29, 1.82) is 0 Å². The number of anilines is 1. The standard InChI is InChI=1S/C9H13N3.ClH/c10-9-5-7(2-4-12-9)8-1-3-11-6-8;/h2,4-5,8,11H,1,3,6H2,(H2,10,12);1H. The Bertz CT molecular complexity index is 271. The van der Waals surface area contributed by atoms with Crippen molar-refractivity contribution < 1.29 is 0 Å². The van der Waals surface area contributed by atoms with Gasteiger partial charge in [0.15, 0.2) is 0 Å². The molecule has 1 unspecified atom stereocenters. The van der Waals surface area contributed by atoms with Crippen molar-refractivity contribution in [2.75, 3.05) is 18.8 Å². The van der Waals surface area contributed by atoms with Crippen LogP contribution in [0.5, 0.6) is 0 Å². The molecule has 0 aliphatic carbocycles. The van der Waals surface area contributed by atoms with Crippen molar-refractivity contribution in [2.24, 2.45) is 0 Å². The third kappa shape index (κ3) is 2.32. The van der Waals surface area contributed by atoms with E-state index in [1.807, 2.05) is 12.1 Å². The van der Waals surface area contributed by atoms with E-state index in [0.717, 1.165) is 13.1 Å². The molecule has 0 amide bonds. The minimum atomic E-state index is 0. The van der Waals surface area contributed by atoms with E-state index < -0.39 is 0 Å². The fourth-order valence-electron chi connectivity index (χ4n) is 1.66. The van der Waals surface area contributed by atoms with E-state index in [4.69, 9.17) is 5.73 Å². The molecule has 1 aliphatic rings. The predicted molar refractivity (Wildman–Crippen MR) is 56.1 cm³/mol. The van der Waals surface area contributed by atoms with Gasteiger partial charge in [0.05, 0.1) is 0 Å². The van der Waals surface area contributed by atoms with Crippen LogP contribution in [0.4, 0.5) is 5.82 Å². The molecule has 1 atom stereocenters. The molecule has 72 valence electrons. The Kier molecular flexibility index (Phi) is 3.51. The van der Waals surface area contributed by atoms with Gasteiger partial charge >= 0.3 is 0 Å². The van der Waals surface area contributed by atoms with Crippen LogP contribution >= 0.6 is 12.4 Å². The fourth-order valence-corrected chi connectivity index (χ4v) is 1.66. The van der Waals surface area contributed by atoms with Gasteiger partial charge in [-0.2, -0.15) is 0 Å². The lowest BCUT2D eigenvalue weighted by atomic mass is 10.00. The summed E-state index contributed by atoms with van der Waals surface area (Å²) in [5.41, 5.74) is 6.91. The van der Waals surface area contributed by atoms with Crippen molar-refractivity contribution in [1.82, 2.24) is 10.3 Å². The molecular formula is C9H14ClN3. The highest BCUT2D eigenvalue weighted by atomic mass is 35.5. The molecule has 4 heteroatoms. The first-order valence-corrected chi connectivity index (χ1v) is 4.28. The molecule has 3 N–H and O–H groups in total. The molecule has 2 heterocycles. The number of nitrogens with zero attached hydrogens (tertiary/aromatic N) is 1. The third-order valence-corrected chi connectivity index (χ3v) is 2.34. The second kappa shape index (κ2) is 4.44. The van der Waals surface area contributed by atoms with E-state index in [1.54, 1.807) is 6.20 Å². The number of hydrogen-bond acceptors (Lipinski definition) is 3. The van der Waals surface area contributed by atoms with Gasteiger partial charge in [-0.1, -0.05) is 0 Å². The zero-order valence-electron chi connectivity index (χ0n) is 7.36. The number of pyridine rings is 1. The summed E-state index contributed by atoms with van der Waals surface area (Å²) in [4.78, 5) is 3.97. The Morgan fingerprint density at radius 2 is 2.38 bits per heavy atom. The molecule has 0 bridgehead atoms. The van der Waals surface area contributed by atoms with E-state index in [-0.39, 0.29) is 12.4 Å². The summed E-state index contributed by atoms with van der Waals surface area (Å²) < 4.78 is 0. The summed E-state index contributed by atoms with van der Waals surface area (Å²) in [6.07, 6.45) is 2.99. The van der Waals surface area contributed by atoms with Gasteiger partial charge in [-0.3, -0.25) is 0 Å². The molecule has 3 nitrogen and oxygen atoms in total. The largest absolute Gasteiger partial charge is 0.384 e. The minimum Gasteiger partial charge on any atom is -0.384 e. The Balaban J connectivity index is 0.000000845. The summed E-state index contributed by atoms with van der Waals surface area (Å²) in [6, 6.07) is 4.02. The van der Waals surface area contributed by atoms with Gasteiger partial charge in [0, 0.05) is 12.7 Å². The van der Waals surface area contributed by atoms with Crippen LogP contribution in [0.3, 0.4) is 0 Å². The number of hydrogen-bond donors (Lipinski definition) is 2. The number of aromatic nitrogens is 1. The topological polar surface area (TPSA) is 50.9 Å². The van der Waals surface area contributed by atoms with Crippen molar-refractivity contribution in [2.45, 2.75) is 12.3 Å². The monoisotopic (exact) mass is 199 g/mol. The molecule has 0 radical (unpaired) electrons. The van der Waals surface area contributed by atoms with E-state index in [1.165, 1.54) is 12.0 Å². The van der Waals surface area contributed by atoms with E-state index in [9.17, 15) is 0 Å². The highest BCUT2D eigenvalue weighted by molar-refractivity contribution is 5.85. The SMILES string of the molecule is Cl.Nc1cc(C2CCNC2)ccn1. The number of halogens is 1. The van der Waals surface area contributed by atoms with Crippen LogP contribution in [-0.2, 0) is 0 Å². The molecule has 2 rings (SSSR count). The van der Waals surface area contributed by atoms with Gasteiger partial charge in [0.2, 0.25) is 0 Å². The number of nitrogens with two attached hydrogens (primary N) is 1. The Hall–Kier alpha value is -0.800. The number of nitrogen functional groups attached to an aromatic ring is 1. The van der Waals surface area contributed by atoms with Crippen LogP contribution in [0.15, 0.2) is 18.3 Å². The highest BCUT2D eigenvalue weighted by Crippen LogP contribution is 2.22. The minimum absolute atomic E-state index is 0. The molecule has 1 aromatic rings. The van der Waals surface area contributed by atoms with E-state index >= 15 is 0 Å². The van der Waals surface area contributed by atoms with Crippen molar-refractivity contribution in [3.63, 3.8) is 0 Å². The summed E-state index contributed by atoms with van der Waals surface area (Å²) >= 11 is 0. The maximum absolute atomic E-state index is 5.59. The maximum atomic E-state index is 5.59. The normalized spacial score (nSPS) is 21.1. The zero-order chi connectivity index (χ0) is 8.39. The lowest BCUT2D eigenvalue weighted by Gasteiger charge is -2.07. The number of rotatable bonds is 1. The molecule has 1 fully saturated rings. The summed E-state index contributed by atoms with van der Waals surface area (Å²) in [5.74, 6) is 1.26. The van der Waals surface area contributed by atoms with Crippen LogP contribution < -0.4 is 11.1 Å². The van der Waals surface area contributed by atoms with Crippen LogP contribution in [0.25, 0.3) is 0 Å². The lowest BCUT2D eigenvalue weighted by Crippen LogP contribution is -2.08. The van der Waals surface area contributed by atoms with Gasteiger partial charge in [0.25, 0.3) is 0 Å². The van der Waals surface area contributed by atoms with Gasteiger partial charge in [-0.25, -0.2) is 4.98 Å². The van der Waals surface area contributed by atoms with Gasteiger partial charge in [0.1, 0.15) is 5.82 Å². The first-order chi connectivity index (χ1) is 5.86. The molecule has 0 spiro atoms. The van der Waals surface area contributed by atoms with Crippen LogP contribution in [-0.4, -0.2) is 18.1 Å². The van der Waals surface area contributed by atoms with Gasteiger partial charge in [-0.05, 0) is 36.6 Å². The lowest BCUT2D eigenvalue weighted by molar-refractivity contribution is 0.762. The molecule has 1 aliphatic heterocycles. The second-order valence-corrected chi connectivity index (χ2v) is 3.20. The quantitative estimate of drug-likeness (QED) is 0.714. The molecule has 1 saturated heterocycles. The summed E-state index contributed by atoms with van der Waals surface area (Å²) in [6.45, 7) is 2.19. The Morgan fingerprint density at radius 3 is 3.00 bits per heavy atom. The summed E-state index contributed by atoms with van der Waals surface area (Å²) in [7, 11) is 0. The van der Waals surface area contributed by atoms with Crippen LogP contribution in [0.2, 0.25) is 0 Å². The van der Waals surface area contributed by atoms with E-state index in [2.05, 4.69) is 10.3 Å². The third-order valence-electron chi connectivity index (χ3n) is 2.34. The fraction of sp³-hybridized carbons (Fsp3) is 0.444. The number of nitrogens with one attached hydrogen (secondary N) is 1. The van der Waals surface area contributed by atoms with Crippen LogP contribution in [0.1, 0.15) is 17.9 Å². The second-order valence-electron chi connectivity index (χ2n) is 3.20. The summed E-state index contributed by atoms with van der Waals surface area (Å²) in [5, 5.41) is 3.33. The van der Waals surface area contributed by atoms with Crippen molar-refractivity contribution in [3.8, 4) is 0 Å². The molecule has 1 aromatic heterocycles. The Labute approximate surface area is 84.1 Å². The first kappa shape index (κ1) is 10.3. The molecule has 0 saturated carbocycles. The average Bonchev–Trinajstić information content (AvgIpc) is 2.56. The van der Waals surface area contributed by atoms with Gasteiger partial charge in [-0.15, -0.1) is 12.4 Å². The van der Waals surface area contributed by atoms with Crippen molar-refractivity contribution >= 4 is 18.2 Å².